The summed E-state index contributed by atoms with van der Waals surface area (Å²) in [5, 5.41) is 9.02. The largest absolute Gasteiger partial charge is 0.478 e. The van der Waals surface area contributed by atoms with Gasteiger partial charge in [0.25, 0.3) is 0 Å². The molecule has 0 atom stereocenters. The van der Waals surface area contributed by atoms with Crippen LogP contribution in [0.15, 0.2) is 42.7 Å². The minimum absolute atomic E-state index is 0.294. The molecular formula is C15H13N3O2. The predicted molar refractivity (Wildman–Crippen MR) is 74.7 cm³/mol. The van der Waals surface area contributed by atoms with Gasteiger partial charge in [-0.2, -0.15) is 0 Å². The lowest BCUT2D eigenvalue weighted by molar-refractivity contribution is 0.0697. The molecule has 100 valence electrons. The first-order chi connectivity index (χ1) is 9.65. The second-order valence-electron chi connectivity index (χ2n) is 4.63. The average Bonchev–Trinajstić information content (AvgIpc) is 2.76. The van der Waals surface area contributed by atoms with Gasteiger partial charge in [0.2, 0.25) is 0 Å². The van der Waals surface area contributed by atoms with Crippen LogP contribution in [0.3, 0.4) is 0 Å². The van der Waals surface area contributed by atoms with Gasteiger partial charge in [-0.3, -0.25) is 4.98 Å². The molecule has 1 aromatic carbocycles. The van der Waals surface area contributed by atoms with E-state index in [-0.39, 0.29) is 0 Å². The number of aryl methyl sites for hydroxylation is 1. The Bertz CT molecular complexity index is 793. The number of benzene rings is 1. The number of aromatic carboxylic acids is 1. The molecule has 0 aliphatic rings. The second kappa shape index (κ2) is 4.77. The summed E-state index contributed by atoms with van der Waals surface area (Å²) in [6.07, 6.45) is 4.05. The van der Waals surface area contributed by atoms with E-state index in [0.717, 1.165) is 22.4 Å². The van der Waals surface area contributed by atoms with Gasteiger partial charge in [0, 0.05) is 19.7 Å². The highest BCUT2D eigenvalue weighted by Crippen LogP contribution is 2.16. The fourth-order valence-corrected chi connectivity index (χ4v) is 2.26. The number of rotatable bonds is 3. The molecule has 0 radical (unpaired) electrons. The first-order valence-corrected chi connectivity index (χ1v) is 6.22. The molecule has 0 unspecified atom stereocenters. The van der Waals surface area contributed by atoms with E-state index in [2.05, 4.69) is 9.97 Å². The predicted octanol–water partition coefficient (Wildman–Crippen LogP) is 2.26. The van der Waals surface area contributed by atoms with Crippen LogP contribution in [0.1, 0.15) is 21.7 Å². The quantitative estimate of drug-likeness (QED) is 0.790. The molecule has 0 aliphatic heterocycles. The zero-order valence-corrected chi connectivity index (χ0v) is 10.9. The van der Waals surface area contributed by atoms with Crippen molar-refractivity contribution < 1.29 is 9.90 Å². The number of hydrogen-bond donors (Lipinski definition) is 1. The molecule has 20 heavy (non-hydrogen) atoms. The fourth-order valence-electron chi connectivity index (χ4n) is 2.26. The summed E-state index contributed by atoms with van der Waals surface area (Å²) in [5.41, 5.74) is 3.09. The van der Waals surface area contributed by atoms with Crippen molar-refractivity contribution in [3.63, 3.8) is 0 Å². The highest BCUT2D eigenvalue weighted by molar-refractivity contribution is 5.87. The highest BCUT2D eigenvalue weighted by atomic mass is 16.4. The van der Waals surface area contributed by atoms with Crippen LogP contribution in [0.5, 0.6) is 0 Å². The summed E-state index contributed by atoms with van der Waals surface area (Å²) < 4.78 is 2.00. The number of imidazole rings is 1. The number of carboxylic acid groups (broad SMARTS) is 1. The maximum absolute atomic E-state index is 11.0. The summed E-state index contributed by atoms with van der Waals surface area (Å²) in [5.74, 6) is -0.0309. The summed E-state index contributed by atoms with van der Waals surface area (Å²) in [7, 11) is 1.95. The van der Waals surface area contributed by atoms with Crippen molar-refractivity contribution in [1.82, 2.24) is 14.5 Å². The lowest BCUT2D eigenvalue weighted by Gasteiger charge is -2.04. The highest BCUT2D eigenvalue weighted by Gasteiger charge is 2.09. The normalized spacial score (nSPS) is 10.8. The van der Waals surface area contributed by atoms with Gasteiger partial charge in [0.1, 0.15) is 11.3 Å². The first-order valence-electron chi connectivity index (χ1n) is 6.22. The molecule has 3 aromatic rings. The van der Waals surface area contributed by atoms with Crippen LogP contribution in [0.4, 0.5) is 0 Å². The van der Waals surface area contributed by atoms with E-state index in [1.165, 1.54) is 0 Å². The molecule has 0 amide bonds. The molecule has 5 heteroatoms. The Labute approximate surface area is 115 Å². The van der Waals surface area contributed by atoms with E-state index in [1.54, 1.807) is 30.6 Å². The Hall–Kier alpha value is -2.69. The van der Waals surface area contributed by atoms with Gasteiger partial charge in [-0.05, 0) is 23.8 Å². The number of hydrogen-bond acceptors (Lipinski definition) is 3. The van der Waals surface area contributed by atoms with E-state index in [0.29, 0.717) is 12.0 Å². The van der Waals surface area contributed by atoms with Crippen LogP contribution in [0, 0.1) is 0 Å². The third-order valence-electron chi connectivity index (χ3n) is 3.31. The Kier molecular flexibility index (Phi) is 2.95. The van der Waals surface area contributed by atoms with Gasteiger partial charge in [0.15, 0.2) is 0 Å². The van der Waals surface area contributed by atoms with Gasteiger partial charge in [0.05, 0.1) is 17.3 Å². The van der Waals surface area contributed by atoms with Crippen LogP contribution in [0.25, 0.3) is 11.0 Å². The number of pyridine rings is 1. The Balaban J connectivity index is 1.99. The van der Waals surface area contributed by atoms with E-state index in [1.807, 2.05) is 23.7 Å². The van der Waals surface area contributed by atoms with Gasteiger partial charge >= 0.3 is 5.97 Å². The molecule has 0 saturated carbocycles. The standard InChI is InChI=1S/C15H13N3O2/c1-18-13-5-6-16-9-12(13)17-14(18)8-10-3-2-4-11(7-10)15(19)20/h2-7,9H,8H2,1H3,(H,19,20). The lowest BCUT2D eigenvalue weighted by Crippen LogP contribution is -2.01. The second-order valence-corrected chi connectivity index (χ2v) is 4.63. The maximum atomic E-state index is 11.0. The molecule has 0 saturated heterocycles. The molecule has 5 nitrogen and oxygen atoms in total. The van der Waals surface area contributed by atoms with Crippen LogP contribution in [0.2, 0.25) is 0 Å². The number of fused-ring (bicyclic) bond motifs is 1. The number of nitrogens with zero attached hydrogens (tertiary/aromatic N) is 3. The van der Waals surface area contributed by atoms with Gasteiger partial charge in [-0.1, -0.05) is 12.1 Å². The van der Waals surface area contributed by atoms with Crippen molar-refractivity contribution >= 4 is 17.0 Å². The minimum Gasteiger partial charge on any atom is -0.478 e. The van der Waals surface area contributed by atoms with Crippen molar-refractivity contribution in [3.05, 3.63) is 59.7 Å². The average molecular weight is 267 g/mol. The summed E-state index contributed by atoms with van der Waals surface area (Å²) in [6, 6.07) is 8.84. The fraction of sp³-hybridized carbons (Fsp3) is 0.133. The van der Waals surface area contributed by atoms with Crippen molar-refractivity contribution in [2.75, 3.05) is 0 Å². The minimum atomic E-state index is -0.916. The zero-order chi connectivity index (χ0) is 14.1. The zero-order valence-electron chi connectivity index (χ0n) is 10.9. The topological polar surface area (TPSA) is 68.0 Å². The van der Waals surface area contributed by atoms with Gasteiger partial charge in [-0.25, -0.2) is 9.78 Å². The molecule has 0 aliphatic carbocycles. The van der Waals surface area contributed by atoms with Crippen molar-refractivity contribution in [3.8, 4) is 0 Å². The summed E-state index contributed by atoms with van der Waals surface area (Å²) >= 11 is 0. The lowest BCUT2D eigenvalue weighted by atomic mass is 10.1. The van der Waals surface area contributed by atoms with Gasteiger partial charge in [-0.15, -0.1) is 0 Å². The van der Waals surface area contributed by atoms with Crippen molar-refractivity contribution in [2.24, 2.45) is 7.05 Å². The van der Waals surface area contributed by atoms with Crippen LogP contribution >= 0.6 is 0 Å². The molecule has 2 aromatic heterocycles. The van der Waals surface area contributed by atoms with E-state index in [9.17, 15) is 4.79 Å². The molecule has 3 rings (SSSR count). The van der Waals surface area contributed by atoms with Crippen LogP contribution < -0.4 is 0 Å². The molecule has 0 spiro atoms. The van der Waals surface area contributed by atoms with Crippen LogP contribution in [-0.2, 0) is 13.5 Å². The third-order valence-corrected chi connectivity index (χ3v) is 3.31. The van der Waals surface area contributed by atoms with E-state index >= 15 is 0 Å². The summed E-state index contributed by atoms with van der Waals surface area (Å²) in [6.45, 7) is 0. The van der Waals surface area contributed by atoms with Crippen molar-refractivity contribution in [1.29, 1.82) is 0 Å². The molecule has 1 N–H and O–H groups in total. The SMILES string of the molecule is Cn1c(Cc2cccc(C(=O)O)c2)nc2cnccc21. The van der Waals surface area contributed by atoms with E-state index < -0.39 is 5.97 Å². The van der Waals surface area contributed by atoms with Gasteiger partial charge < -0.3 is 9.67 Å². The molecule has 0 bridgehead atoms. The van der Waals surface area contributed by atoms with Crippen LogP contribution in [-0.4, -0.2) is 25.6 Å². The summed E-state index contributed by atoms with van der Waals surface area (Å²) in [4.78, 5) is 19.6. The molecule has 2 heterocycles. The Morgan fingerprint density at radius 1 is 1.35 bits per heavy atom. The first kappa shape index (κ1) is 12.3. The smallest absolute Gasteiger partial charge is 0.335 e. The number of carboxylic acids is 1. The van der Waals surface area contributed by atoms with Crippen molar-refractivity contribution in [2.45, 2.75) is 6.42 Å². The monoisotopic (exact) mass is 267 g/mol. The van der Waals surface area contributed by atoms with E-state index in [4.69, 9.17) is 5.11 Å². The third kappa shape index (κ3) is 2.14. The number of aromatic nitrogens is 3. The maximum Gasteiger partial charge on any atom is 0.335 e. The molecule has 0 fully saturated rings. The Morgan fingerprint density at radius 3 is 2.95 bits per heavy atom. The Morgan fingerprint density at radius 2 is 2.20 bits per heavy atom. The molecular weight excluding hydrogens is 254 g/mol. The number of carbonyl (C=O) groups is 1.